The molecule has 1 fully saturated rings. The fourth-order valence-electron chi connectivity index (χ4n) is 3.76. The highest BCUT2D eigenvalue weighted by atomic mass is 16.5. The van der Waals surface area contributed by atoms with E-state index in [9.17, 15) is 19.5 Å². The Balaban J connectivity index is 1.99. The molecule has 134 valence electrons. The number of hydrogen-bond acceptors (Lipinski definition) is 4. The molecule has 2 atom stereocenters. The Bertz CT molecular complexity index is 754. The van der Waals surface area contributed by atoms with Crippen molar-refractivity contribution in [2.24, 2.45) is 11.8 Å². The van der Waals surface area contributed by atoms with Crippen molar-refractivity contribution in [3.8, 4) is 0 Å². The van der Waals surface area contributed by atoms with Gasteiger partial charge in [0.25, 0.3) is 0 Å². The second-order valence-electron chi connectivity index (χ2n) is 6.26. The number of hydrogen-bond donors (Lipinski definition) is 2. The molecule has 6 heteroatoms. The van der Waals surface area contributed by atoms with Crippen molar-refractivity contribution in [2.45, 2.75) is 11.8 Å². The molecule has 0 radical (unpaired) electrons. The topological polar surface area (TPSA) is 101 Å². The maximum atomic E-state index is 12.6. The number of esters is 1. The number of carboxylic acid groups (broad SMARTS) is 2. The van der Waals surface area contributed by atoms with Crippen LogP contribution in [-0.4, -0.2) is 34.7 Å². The SMILES string of the molecule is O=C(O)COC(=O)C1[C@H](c2ccccc2)C(C(=O)O)[C@H]1c1ccccc1. The van der Waals surface area contributed by atoms with Crippen LogP contribution in [0, 0.1) is 11.8 Å². The predicted octanol–water partition coefficient (Wildman–Crippen LogP) is 2.51. The van der Waals surface area contributed by atoms with Crippen molar-refractivity contribution in [3.63, 3.8) is 0 Å². The molecular formula is C20H18O6. The molecule has 0 spiro atoms. The van der Waals surface area contributed by atoms with Crippen molar-refractivity contribution in [1.82, 2.24) is 0 Å². The van der Waals surface area contributed by atoms with E-state index >= 15 is 0 Å². The Labute approximate surface area is 150 Å². The van der Waals surface area contributed by atoms with Crippen LogP contribution in [0.5, 0.6) is 0 Å². The first-order valence-corrected chi connectivity index (χ1v) is 8.22. The lowest BCUT2D eigenvalue weighted by atomic mass is 9.52. The Hall–Kier alpha value is -3.15. The largest absolute Gasteiger partial charge is 0.481 e. The van der Waals surface area contributed by atoms with Gasteiger partial charge < -0.3 is 14.9 Å². The van der Waals surface area contributed by atoms with E-state index in [0.29, 0.717) is 0 Å². The zero-order chi connectivity index (χ0) is 18.7. The third-order valence-electron chi connectivity index (χ3n) is 4.81. The molecule has 0 amide bonds. The average Bonchev–Trinajstić information content (AvgIpc) is 2.60. The van der Waals surface area contributed by atoms with E-state index in [4.69, 9.17) is 9.84 Å². The van der Waals surface area contributed by atoms with E-state index < -0.39 is 48.2 Å². The molecule has 1 aliphatic rings. The standard InChI is InChI=1S/C20H18O6/c21-14(22)11-26-20(25)18-15(12-7-3-1-4-8-12)17(19(23)24)16(18)13-9-5-2-6-10-13/h1-10,15-18H,11H2,(H,21,22)(H,23,24)/t15-,16-,17?,18?/m1/s1. The molecule has 2 aromatic rings. The van der Waals surface area contributed by atoms with Crippen molar-refractivity contribution >= 4 is 17.9 Å². The van der Waals surface area contributed by atoms with Crippen molar-refractivity contribution in [2.75, 3.05) is 6.61 Å². The molecule has 0 aliphatic heterocycles. The Morgan fingerprint density at radius 1 is 0.769 bits per heavy atom. The van der Waals surface area contributed by atoms with Crippen molar-refractivity contribution < 1.29 is 29.3 Å². The summed E-state index contributed by atoms with van der Waals surface area (Å²) in [6.07, 6.45) is 0. The van der Waals surface area contributed by atoms with Crippen LogP contribution in [0.2, 0.25) is 0 Å². The highest BCUT2D eigenvalue weighted by Crippen LogP contribution is 2.57. The summed E-state index contributed by atoms with van der Waals surface area (Å²) in [6.45, 7) is -0.740. The molecule has 0 unspecified atom stereocenters. The van der Waals surface area contributed by atoms with Gasteiger partial charge in [-0.25, -0.2) is 4.79 Å². The number of carbonyl (C=O) groups excluding carboxylic acids is 1. The molecule has 1 saturated carbocycles. The van der Waals surface area contributed by atoms with Crippen LogP contribution < -0.4 is 0 Å². The Morgan fingerprint density at radius 3 is 1.62 bits per heavy atom. The van der Waals surface area contributed by atoms with Gasteiger partial charge in [-0.15, -0.1) is 0 Å². The molecule has 3 rings (SSSR count). The van der Waals surface area contributed by atoms with E-state index in [1.54, 1.807) is 48.5 Å². The van der Waals surface area contributed by atoms with Gasteiger partial charge in [0.1, 0.15) is 0 Å². The first-order valence-electron chi connectivity index (χ1n) is 8.22. The molecule has 0 saturated heterocycles. The molecule has 2 aromatic carbocycles. The van der Waals surface area contributed by atoms with E-state index in [0.717, 1.165) is 11.1 Å². The second-order valence-corrected chi connectivity index (χ2v) is 6.26. The first-order chi connectivity index (χ1) is 12.5. The van der Waals surface area contributed by atoms with Gasteiger partial charge >= 0.3 is 17.9 Å². The fraction of sp³-hybridized carbons (Fsp3) is 0.250. The summed E-state index contributed by atoms with van der Waals surface area (Å²) in [5, 5.41) is 18.5. The normalized spacial score (nSPS) is 24.3. The number of carboxylic acids is 2. The van der Waals surface area contributed by atoms with Crippen LogP contribution in [-0.2, 0) is 19.1 Å². The number of ether oxygens (including phenoxy) is 1. The summed E-state index contributed by atoms with van der Waals surface area (Å²) in [6, 6.07) is 17.9. The molecule has 6 nitrogen and oxygen atoms in total. The lowest BCUT2D eigenvalue weighted by Crippen LogP contribution is -2.51. The van der Waals surface area contributed by atoms with Gasteiger partial charge in [-0.2, -0.15) is 0 Å². The van der Waals surface area contributed by atoms with Crippen LogP contribution in [0.15, 0.2) is 60.7 Å². The van der Waals surface area contributed by atoms with Crippen molar-refractivity contribution in [1.29, 1.82) is 0 Å². The van der Waals surface area contributed by atoms with Gasteiger partial charge in [0.05, 0.1) is 11.8 Å². The first kappa shape index (κ1) is 17.7. The van der Waals surface area contributed by atoms with Crippen LogP contribution >= 0.6 is 0 Å². The molecule has 0 heterocycles. The van der Waals surface area contributed by atoms with Gasteiger partial charge in [-0.1, -0.05) is 60.7 Å². The monoisotopic (exact) mass is 354 g/mol. The minimum atomic E-state index is -1.25. The quantitative estimate of drug-likeness (QED) is 0.773. The van der Waals surface area contributed by atoms with Crippen molar-refractivity contribution in [3.05, 3.63) is 71.8 Å². The smallest absolute Gasteiger partial charge is 0.341 e. The summed E-state index contributed by atoms with van der Waals surface area (Å²) in [5.41, 5.74) is 1.45. The van der Waals surface area contributed by atoms with Gasteiger partial charge in [-0.3, -0.25) is 9.59 Å². The van der Waals surface area contributed by atoms with Crippen LogP contribution in [0.3, 0.4) is 0 Å². The Morgan fingerprint density at radius 2 is 1.23 bits per heavy atom. The minimum Gasteiger partial charge on any atom is -0.481 e. The summed E-state index contributed by atoms with van der Waals surface area (Å²) in [5.74, 6) is -5.61. The zero-order valence-electron chi connectivity index (χ0n) is 13.8. The molecule has 1 aliphatic carbocycles. The lowest BCUT2D eigenvalue weighted by molar-refractivity contribution is -0.168. The third kappa shape index (κ3) is 3.31. The maximum Gasteiger partial charge on any atom is 0.341 e. The fourth-order valence-corrected chi connectivity index (χ4v) is 3.76. The number of carbonyl (C=O) groups is 3. The number of benzene rings is 2. The third-order valence-corrected chi connectivity index (χ3v) is 4.81. The summed E-state index contributed by atoms with van der Waals surface area (Å²) < 4.78 is 4.91. The molecule has 2 N–H and O–H groups in total. The van der Waals surface area contributed by atoms with E-state index in [1.807, 2.05) is 12.1 Å². The zero-order valence-corrected chi connectivity index (χ0v) is 13.8. The Kier molecular flexibility index (Phi) is 5.02. The molecule has 0 bridgehead atoms. The van der Waals surface area contributed by atoms with Gasteiger partial charge in [0.2, 0.25) is 0 Å². The highest BCUT2D eigenvalue weighted by molar-refractivity contribution is 5.85. The number of aliphatic carboxylic acids is 2. The summed E-state index contributed by atoms with van der Waals surface area (Å²) >= 11 is 0. The second kappa shape index (κ2) is 7.39. The van der Waals surface area contributed by atoms with Gasteiger partial charge in [0, 0.05) is 11.8 Å². The number of rotatable bonds is 6. The highest BCUT2D eigenvalue weighted by Gasteiger charge is 2.59. The van der Waals surface area contributed by atoms with Gasteiger partial charge in [-0.05, 0) is 11.1 Å². The average molecular weight is 354 g/mol. The maximum absolute atomic E-state index is 12.6. The summed E-state index contributed by atoms with van der Waals surface area (Å²) in [4.78, 5) is 35.3. The van der Waals surface area contributed by atoms with E-state index in [-0.39, 0.29) is 0 Å². The van der Waals surface area contributed by atoms with E-state index in [2.05, 4.69) is 0 Å². The van der Waals surface area contributed by atoms with Crippen LogP contribution in [0.4, 0.5) is 0 Å². The van der Waals surface area contributed by atoms with Crippen LogP contribution in [0.25, 0.3) is 0 Å². The summed E-state index contributed by atoms with van der Waals surface area (Å²) in [7, 11) is 0. The lowest BCUT2D eigenvalue weighted by Gasteiger charge is -2.48. The predicted molar refractivity (Wildman–Crippen MR) is 91.6 cm³/mol. The van der Waals surface area contributed by atoms with Gasteiger partial charge in [0.15, 0.2) is 6.61 Å². The molecule has 26 heavy (non-hydrogen) atoms. The molecular weight excluding hydrogens is 336 g/mol. The minimum absolute atomic E-state index is 0.569. The van der Waals surface area contributed by atoms with Crippen LogP contribution in [0.1, 0.15) is 23.0 Å². The van der Waals surface area contributed by atoms with E-state index in [1.165, 1.54) is 0 Å². The molecule has 0 aromatic heterocycles.